The molecular formula is C23H30N2O5. The van der Waals surface area contributed by atoms with Gasteiger partial charge in [-0.15, -0.1) is 0 Å². The Kier molecular flexibility index (Phi) is 8.09. The van der Waals surface area contributed by atoms with Gasteiger partial charge in [0, 0.05) is 6.54 Å². The molecule has 0 unspecified atom stereocenters. The van der Waals surface area contributed by atoms with E-state index < -0.39 is 17.7 Å². The van der Waals surface area contributed by atoms with Gasteiger partial charge in [0.25, 0.3) is 0 Å². The van der Waals surface area contributed by atoms with Gasteiger partial charge in [-0.25, -0.2) is 4.79 Å². The van der Waals surface area contributed by atoms with E-state index in [4.69, 9.17) is 14.2 Å². The number of alkyl carbamates (subject to hydrolysis) is 1. The first-order valence-corrected chi connectivity index (χ1v) is 9.76. The summed E-state index contributed by atoms with van der Waals surface area (Å²) in [5, 5.41) is 5.54. The van der Waals surface area contributed by atoms with E-state index in [0.717, 1.165) is 5.56 Å². The van der Waals surface area contributed by atoms with Crippen molar-refractivity contribution in [1.29, 1.82) is 0 Å². The molecule has 0 spiro atoms. The van der Waals surface area contributed by atoms with E-state index in [1.807, 2.05) is 36.4 Å². The monoisotopic (exact) mass is 414 g/mol. The molecule has 0 bridgehead atoms. The van der Waals surface area contributed by atoms with Crippen LogP contribution in [0.3, 0.4) is 0 Å². The molecule has 0 aliphatic carbocycles. The van der Waals surface area contributed by atoms with Gasteiger partial charge in [-0.1, -0.05) is 36.4 Å². The average Bonchev–Trinajstić information content (AvgIpc) is 2.71. The standard InChI is InChI=1S/C23H30N2O5/c1-23(2,3)30-22(27)25-20(17-9-7-6-8-10-17)21(26)24-14-13-16-11-12-18(28-4)19(15-16)29-5/h6-12,15,20H,13-14H2,1-5H3,(H,24,26)(H,25,27)/t20-/m1/s1. The highest BCUT2D eigenvalue weighted by Gasteiger charge is 2.25. The number of nitrogens with one attached hydrogen (secondary N) is 2. The molecule has 0 aliphatic heterocycles. The lowest BCUT2D eigenvalue weighted by atomic mass is 10.1. The summed E-state index contributed by atoms with van der Waals surface area (Å²) < 4.78 is 15.9. The first kappa shape index (κ1) is 23.1. The van der Waals surface area contributed by atoms with Crippen LogP contribution in [0, 0.1) is 0 Å². The number of carbonyl (C=O) groups excluding carboxylic acids is 2. The van der Waals surface area contributed by atoms with Crippen LogP contribution in [-0.4, -0.2) is 38.4 Å². The molecule has 0 aromatic heterocycles. The lowest BCUT2D eigenvalue weighted by Gasteiger charge is -2.23. The molecule has 2 rings (SSSR count). The zero-order valence-corrected chi connectivity index (χ0v) is 18.2. The van der Waals surface area contributed by atoms with Gasteiger partial charge in [0.2, 0.25) is 5.91 Å². The van der Waals surface area contributed by atoms with Gasteiger partial charge < -0.3 is 24.8 Å². The van der Waals surface area contributed by atoms with E-state index in [2.05, 4.69) is 10.6 Å². The van der Waals surface area contributed by atoms with Crippen LogP contribution in [0.25, 0.3) is 0 Å². The Bertz CT molecular complexity index is 846. The fourth-order valence-corrected chi connectivity index (χ4v) is 2.84. The van der Waals surface area contributed by atoms with Gasteiger partial charge in [0.1, 0.15) is 11.6 Å². The van der Waals surface area contributed by atoms with Crippen LogP contribution in [-0.2, 0) is 16.0 Å². The van der Waals surface area contributed by atoms with Crippen LogP contribution in [0.5, 0.6) is 11.5 Å². The van der Waals surface area contributed by atoms with E-state index in [9.17, 15) is 9.59 Å². The Morgan fingerprint density at radius 3 is 2.23 bits per heavy atom. The van der Waals surface area contributed by atoms with Crippen LogP contribution in [0.2, 0.25) is 0 Å². The average molecular weight is 415 g/mol. The van der Waals surface area contributed by atoms with Crippen molar-refractivity contribution in [2.24, 2.45) is 0 Å². The van der Waals surface area contributed by atoms with Crippen molar-refractivity contribution in [1.82, 2.24) is 10.6 Å². The summed E-state index contributed by atoms with van der Waals surface area (Å²) in [6, 6.07) is 13.8. The molecule has 2 aromatic rings. The van der Waals surface area contributed by atoms with E-state index in [1.165, 1.54) is 0 Å². The SMILES string of the molecule is COc1ccc(CCNC(=O)[C@H](NC(=O)OC(C)(C)C)c2ccccc2)cc1OC. The normalized spacial score (nSPS) is 11.9. The third-order valence-corrected chi connectivity index (χ3v) is 4.22. The van der Waals surface area contributed by atoms with E-state index in [1.54, 1.807) is 47.1 Å². The quantitative estimate of drug-likeness (QED) is 0.689. The second-order valence-corrected chi connectivity index (χ2v) is 7.72. The molecule has 0 saturated heterocycles. The third kappa shape index (κ3) is 6.99. The van der Waals surface area contributed by atoms with Gasteiger partial charge in [-0.3, -0.25) is 4.79 Å². The number of benzene rings is 2. The van der Waals surface area contributed by atoms with Crippen LogP contribution >= 0.6 is 0 Å². The summed E-state index contributed by atoms with van der Waals surface area (Å²) >= 11 is 0. The minimum Gasteiger partial charge on any atom is -0.493 e. The number of ether oxygens (including phenoxy) is 3. The van der Waals surface area contributed by atoms with Crippen molar-refractivity contribution in [2.45, 2.75) is 38.8 Å². The predicted molar refractivity (Wildman–Crippen MR) is 115 cm³/mol. The first-order valence-electron chi connectivity index (χ1n) is 9.76. The maximum atomic E-state index is 12.8. The maximum absolute atomic E-state index is 12.8. The molecule has 0 fully saturated rings. The molecule has 7 nitrogen and oxygen atoms in total. The molecule has 0 saturated carbocycles. The summed E-state index contributed by atoms with van der Waals surface area (Å²) in [4.78, 5) is 25.1. The Morgan fingerprint density at radius 1 is 0.967 bits per heavy atom. The number of amides is 2. The van der Waals surface area contributed by atoms with Gasteiger partial charge in [0.05, 0.1) is 14.2 Å². The molecule has 2 amide bonds. The lowest BCUT2D eigenvalue weighted by molar-refractivity contribution is -0.123. The Morgan fingerprint density at radius 2 is 1.63 bits per heavy atom. The molecule has 0 aliphatic rings. The molecule has 0 radical (unpaired) electrons. The molecule has 162 valence electrons. The van der Waals surface area contributed by atoms with Crippen LogP contribution < -0.4 is 20.1 Å². The summed E-state index contributed by atoms with van der Waals surface area (Å²) in [5.41, 5.74) is 1.01. The van der Waals surface area contributed by atoms with Gasteiger partial charge in [0.15, 0.2) is 11.5 Å². The van der Waals surface area contributed by atoms with Crippen molar-refractivity contribution in [3.05, 3.63) is 59.7 Å². The van der Waals surface area contributed by atoms with E-state index in [0.29, 0.717) is 30.0 Å². The third-order valence-electron chi connectivity index (χ3n) is 4.22. The van der Waals surface area contributed by atoms with Crippen LogP contribution in [0.15, 0.2) is 48.5 Å². The van der Waals surface area contributed by atoms with Crippen molar-refractivity contribution in [2.75, 3.05) is 20.8 Å². The highest BCUT2D eigenvalue weighted by Crippen LogP contribution is 2.27. The minimum absolute atomic E-state index is 0.312. The fourth-order valence-electron chi connectivity index (χ4n) is 2.84. The predicted octanol–water partition coefficient (Wildman–Crippen LogP) is 3.63. The number of rotatable bonds is 8. The highest BCUT2D eigenvalue weighted by atomic mass is 16.6. The Balaban J connectivity index is 2.03. The van der Waals surface area contributed by atoms with Gasteiger partial charge >= 0.3 is 6.09 Å². The van der Waals surface area contributed by atoms with Crippen molar-refractivity contribution in [3.8, 4) is 11.5 Å². The number of hydrogen-bond acceptors (Lipinski definition) is 5. The molecule has 0 heterocycles. The summed E-state index contributed by atoms with van der Waals surface area (Å²) in [7, 11) is 3.16. The Labute approximate surface area is 177 Å². The molecule has 2 N–H and O–H groups in total. The topological polar surface area (TPSA) is 85.9 Å². The zero-order chi connectivity index (χ0) is 22.1. The summed E-state index contributed by atoms with van der Waals surface area (Å²) in [6.45, 7) is 5.71. The van der Waals surface area contributed by atoms with Crippen molar-refractivity contribution >= 4 is 12.0 Å². The van der Waals surface area contributed by atoms with Gasteiger partial charge in [-0.05, 0) is 50.5 Å². The first-order chi connectivity index (χ1) is 14.2. The second kappa shape index (κ2) is 10.5. The molecule has 30 heavy (non-hydrogen) atoms. The maximum Gasteiger partial charge on any atom is 0.408 e. The summed E-state index contributed by atoms with van der Waals surface area (Å²) in [5.74, 6) is 0.971. The minimum atomic E-state index is -0.855. The molecular weight excluding hydrogens is 384 g/mol. The molecule has 1 atom stereocenters. The van der Waals surface area contributed by atoms with Crippen molar-refractivity contribution in [3.63, 3.8) is 0 Å². The van der Waals surface area contributed by atoms with Crippen LogP contribution in [0.1, 0.15) is 37.9 Å². The second-order valence-electron chi connectivity index (χ2n) is 7.72. The van der Waals surface area contributed by atoms with Gasteiger partial charge in [-0.2, -0.15) is 0 Å². The number of hydrogen-bond donors (Lipinski definition) is 2. The van der Waals surface area contributed by atoms with E-state index >= 15 is 0 Å². The summed E-state index contributed by atoms with van der Waals surface area (Å²) in [6.07, 6.45) is -0.0496. The fraction of sp³-hybridized carbons (Fsp3) is 0.391. The Hall–Kier alpha value is -3.22. The lowest BCUT2D eigenvalue weighted by Crippen LogP contribution is -2.43. The zero-order valence-electron chi connectivity index (χ0n) is 18.2. The van der Waals surface area contributed by atoms with Crippen molar-refractivity contribution < 1.29 is 23.8 Å². The highest BCUT2D eigenvalue weighted by molar-refractivity contribution is 5.86. The van der Waals surface area contributed by atoms with E-state index in [-0.39, 0.29) is 5.91 Å². The molecule has 7 heteroatoms. The largest absolute Gasteiger partial charge is 0.493 e. The number of methoxy groups -OCH3 is 2. The van der Waals surface area contributed by atoms with Crippen LogP contribution in [0.4, 0.5) is 4.79 Å². The smallest absolute Gasteiger partial charge is 0.408 e. The number of carbonyl (C=O) groups is 2. The molecule has 2 aromatic carbocycles.